The van der Waals surface area contributed by atoms with Crippen LogP contribution in [0.2, 0.25) is 0 Å². The maximum absolute atomic E-state index is 11.8. The third kappa shape index (κ3) is 5.58. The molecule has 3 nitrogen and oxygen atoms in total. The van der Waals surface area contributed by atoms with Gasteiger partial charge in [-0.05, 0) is 30.7 Å². The molecule has 0 aliphatic rings. The molecule has 1 unspecified atom stereocenters. The lowest BCUT2D eigenvalue weighted by Crippen LogP contribution is -2.20. The zero-order chi connectivity index (χ0) is 14.1. The van der Waals surface area contributed by atoms with Gasteiger partial charge in [-0.15, -0.1) is 0 Å². The van der Waals surface area contributed by atoms with Gasteiger partial charge in [-0.1, -0.05) is 32.1 Å². The van der Waals surface area contributed by atoms with E-state index in [1.54, 1.807) is 0 Å². The van der Waals surface area contributed by atoms with Gasteiger partial charge in [0.25, 0.3) is 0 Å². The van der Waals surface area contributed by atoms with Crippen molar-refractivity contribution in [3.05, 3.63) is 29.8 Å². The second-order valence-corrected chi connectivity index (χ2v) is 4.53. The zero-order valence-corrected chi connectivity index (χ0v) is 11.6. The van der Waals surface area contributed by atoms with Gasteiger partial charge in [-0.2, -0.15) is 0 Å². The standard InChI is InChI=1S/C16H21NO2/c1-3-6-13(2)16(19)17-15-10-8-14(9-11-15)7-4-5-12-18/h8-11,13,18H,3,5-6,12H2,1-2H3,(H,17,19). The monoisotopic (exact) mass is 259 g/mol. The number of rotatable bonds is 5. The Morgan fingerprint density at radius 2 is 2.05 bits per heavy atom. The Morgan fingerprint density at radius 3 is 2.63 bits per heavy atom. The van der Waals surface area contributed by atoms with Crippen molar-refractivity contribution in [3.8, 4) is 11.8 Å². The summed E-state index contributed by atoms with van der Waals surface area (Å²) in [6.07, 6.45) is 2.39. The summed E-state index contributed by atoms with van der Waals surface area (Å²) < 4.78 is 0. The molecule has 0 saturated heterocycles. The number of aliphatic hydroxyl groups is 1. The molecule has 0 heterocycles. The largest absolute Gasteiger partial charge is 0.395 e. The number of hydrogen-bond donors (Lipinski definition) is 2. The summed E-state index contributed by atoms with van der Waals surface area (Å²) in [6, 6.07) is 7.42. The van der Waals surface area contributed by atoms with Gasteiger partial charge in [0.05, 0.1) is 6.61 Å². The van der Waals surface area contributed by atoms with Gasteiger partial charge in [0.2, 0.25) is 5.91 Å². The Morgan fingerprint density at radius 1 is 1.37 bits per heavy atom. The molecule has 1 amide bonds. The fraction of sp³-hybridized carbons (Fsp3) is 0.438. The second kappa shape index (κ2) is 8.34. The van der Waals surface area contributed by atoms with Gasteiger partial charge >= 0.3 is 0 Å². The molecule has 0 bridgehead atoms. The molecule has 0 aromatic heterocycles. The zero-order valence-electron chi connectivity index (χ0n) is 11.6. The van der Waals surface area contributed by atoms with Crippen molar-refractivity contribution >= 4 is 11.6 Å². The van der Waals surface area contributed by atoms with Crippen LogP contribution >= 0.6 is 0 Å². The van der Waals surface area contributed by atoms with Gasteiger partial charge in [-0.25, -0.2) is 0 Å². The van der Waals surface area contributed by atoms with Crippen LogP contribution in [-0.4, -0.2) is 17.6 Å². The predicted octanol–water partition coefficient (Wildman–Crippen LogP) is 2.80. The van der Waals surface area contributed by atoms with Gasteiger partial charge in [0.1, 0.15) is 0 Å². The van der Waals surface area contributed by atoms with Crippen LogP contribution in [0.3, 0.4) is 0 Å². The van der Waals surface area contributed by atoms with E-state index in [0.29, 0.717) is 6.42 Å². The van der Waals surface area contributed by atoms with Crippen LogP contribution < -0.4 is 5.32 Å². The Bertz CT molecular complexity index is 454. The first-order chi connectivity index (χ1) is 9.17. The van der Waals surface area contributed by atoms with Crippen LogP contribution in [0.15, 0.2) is 24.3 Å². The molecule has 0 aliphatic carbocycles. The van der Waals surface area contributed by atoms with E-state index in [1.165, 1.54) is 0 Å². The van der Waals surface area contributed by atoms with Crippen molar-refractivity contribution in [2.75, 3.05) is 11.9 Å². The summed E-state index contributed by atoms with van der Waals surface area (Å²) in [5, 5.41) is 11.5. The molecule has 0 spiro atoms. The fourth-order valence-corrected chi connectivity index (χ4v) is 1.69. The van der Waals surface area contributed by atoms with Crippen molar-refractivity contribution in [1.82, 2.24) is 0 Å². The number of nitrogens with one attached hydrogen (secondary N) is 1. The van der Waals surface area contributed by atoms with E-state index in [9.17, 15) is 4.79 Å². The number of carbonyl (C=O) groups is 1. The summed E-state index contributed by atoms with van der Waals surface area (Å²) in [5.41, 5.74) is 1.67. The smallest absolute Gasteiger partial charge is 0.227 e. The molecule has 1 atom stereocenters. The molecule has 0 radical (unpaired) electrons. The lowest BCUT2D eigenvalue weighted by molar-refractivity contribution is -0.119. The molecular weight excluding hydrogens is 238 g/mol. The van der Waals surface area contributed by atoms with Crippen molar-refractivity contribution in [2.24, 2.45) is 5.92 Å². The molecule has 1 aromatic rings. The molecule has 1 rings (SSSR count). The summed E-state index contributed by atoms with van der Waals surface area (Å²) in [4.78, 5) is 11.8. The first-order valence-electron chi connectivity index (χ1n) is 6.68. The normalized spacial score (nSPS) is 11.3. The van der Waals surface area contributed by atoms with E-state index in [-0.39, 0.29) is 18.4 Å². The first kappa shape index (κ1) is 15.3. The topological polar surface area (TPSA) is 49.3 Å². The Labute approximate surface area is 115 Å². The van der Waals surface area contributed by atoms with Gasteiger partial charge < -0.3 is 10.4 Å². The molecule has 19 heavy (non-hydrogen) atoms. The van der Waals surface area contributed by atoms with Crippen LogP contribution in [0.4, 0.5) is 5.69 Å². The average molecular weight is 259 g/mol. The van der Waals surface area contributed by atoms with E-state index in [4.69, 9.17) is 5.11 Å². The van der Waals surface area contributed by atoms with E-state index < -0.39 is 0 Å². The van der Waals surface area contributed by atoms with Crippen molar-refractivity contribution in [1.29, 1.82) is 0 Å². The lowest BCUT2D eigenvalue weighted by atomic mass is 10.1. The fourth-order valence-electron chi connectivity index (χ4n) is 1.69. The second-order valence-electron chi connectivity index (χ2n) is 4.53. The van der Waals surface area contributed by atoms with E-state index in [1.807, 2.05) is 31.2 Å². The number of amides is 1. The van der Waals surface area contributed by atoms with Crippen molar-refractivity contribution in [3.63, 3.8) is 0 Å². The molecule has 0 saturated carbocycles. The minimum absolute atomic E-state index is 0.0361. The Hall–Kier alpha value is -1.79. The molecule has 1 aromatic carbocycles. The molecule has 102 valence electrons. The average Bonchev–Trinajstić information content (AvgIpc) is 2.41. The maximum atomic E-state index is 11.8. The number of anilines is 1. The number of carbonyl (C=O) groups excluding carboxylic acids is 1. The van der Waals surface area contributed by atoms with Crippen LogP contribution in [0.5, 0.6) is 0 Å². The minimum Gasteiger partial charge on any atom is -0.395 e. The molecular formula is C16H21NO2. The van der Waals surface area contributed by atoms with E-state index in [0.717, 1.165) is 24.1 Å². The van der Waals surface area contributed by atoms with E-state index >= 15 is 0 Å². The highest BCUT2D eigenvalue weighted by Gasteiger charge is 2.11. The lowest BCUT2D eigenvalue weighted by Gasteiger charge is -2.10. The maximum Gasteiger partial charge on any atom is 0.227 e. The SMILES string of the molecule is CCCC(C)C(=O)Nc1ccc(C#CCCO)cc1. The quantitative estimate of drug-likeness (QED) is 0.799. The predicted molar refractivity (Wildman–Crippen MR) is 77.7 cm³/mol. The highest BCUT2D eigenvalue weighted by molar-refractivity contribution is 5.92. The van der Waals surface area contributed by atoms with Crippen LogP contribution in [0, 0.1) is 17.8 Å². The highest BCUT2D eigenvalue weighted by Crippen LogP contribution is 2.12. The molecule has 3 heteroatoms. The first-order valence-corrected chi connectivity index (χ1v) is 6.68. The summed E-state index contributed by atoms with van der Waals surface area (Å²) in [5.74, 6) is 5.90. The molecule has 0 fully saturated rings. The van der Waals surface area contributed by atoms with Gasteiger partial charge in [-0.3, -0.25) is 4.79 Å². The van der Waals surface area contributed by atoms with Gasteiger partial charge in [0, 0.05) is 23.6 Å². The third-order valence-electron chi connectivity index (χ3n) is 2.79. The number of aliphatic hydroxyl groups excluding tert-OH is 1. The number of hydrogen-bond acceptors (Lipinski definition) is 2. The summed E-state index contributed by atoms with van der Waals surface area (Å²) in [6.45, 7) is 4.09. The summed E-state index contributed by atoms with van der Waals surface area (Å²) >= 11 is 0. The molecule has 0 aliphatic heterocycles. The van der Waals surface area contributed by atoms with Crippen molar-refractivity contribution in [2.45, 2.75) is 33.1 Å². The van der Waals surface area contributed by atoms with E-state index in [2.05, 4.69) is 24.1 Å². The highest BCUT2D eigenvalue weighted by atomic mass is 16.2. The van der Waals surface area contributed by atoms with Gasteiger partial charge in [0.15, 0.2) is 0 Å². The third-order valence-corrected chi connectivity index (χ3v) is 2.79. The molecule has 2 N–H and O–H groups in total. The Kier molecular flexibility index (Phi) is 6.70. The van der Waals surface area contributed by atoms with Crippen LogP contribution in [0.25, 0.3) is 0 Å². The van der Waals surface area contributed by atoms with Crippen LogP contribution in [0.1, 0.15) is 38.7 Å². The van der Waals surface area contributed by atoms with Crippen LogP contribution in [-0.2, 0) is 4.79 Å². The van der Waals surface area contributed by atoms with Crippen molar-refractivity contribution < 1.29 is 9.90 Å². The minimum atomic E-state index is 0.0361. The Balaban J connectivity index is 2.57. The number of benzene rings is 1. The summed E-state index contributed by atoms with van der Waals surface area (Å²) in [7, 11) is 0.